The van der Waals surface area contributed by atoms with E-state index in [-0.39, 0.29) is 17.3 Å². The molecule has 3 N–H and O–H groups in total. The van der Waals surface area contributed by atoms with Gasteiger partial charge in [-0.15, -0.1) is 16.9 Å². The number of hydrogen-bond donors (Lipinski definition) is 2. The quantitative estimate of drug-likeness (QED) is 0.331. The molecule has 0 unspecified atom stereocenters. The molecule has 11 heteroatoms. The van der Waals surface area contributed by atoms with E-state index in [0.29, 0.717) is 11.4 Å². The number of anilines is 1. The van der Waals surface area contributed by atoms with Crippen LogP contribution in [0.5, 0.6) is 0 Å². The average molecular weight is 461 g/mol. The van der Waals surface area contributed by atoms with Crippen LogP contribution in [0.4, 0.5) is 5.82 Å². The smallest absolute Gasteiger partial charge is 0.293 e. The van der Waals surface area contributed by atoms with E-state index in [1.807, 2.05) is 49.4 Å². The number of aryl methyl sites for hydroxylation is 2. The summed E-state index contributed by atoms with van der Waals surface area (Å²) >= 11 is 1.53. The van der Waals surface area contributed by atoms with Gasteiger partial charge in [0, 0.05) is 16.2 Å². The molecule has 1 aliphatic rings. The Morgan fingerprint density at radius 1 is 1.18 bits per heavy atom. The fraction of sp³-hybridized carbons (Fsp3) is 0.182. The number of nitrogens with zero attached hydrogens (tertiary/aromatic N) is 6. The Kier molecular flexibility index (Phi) is 5.61. The van der Waals surface area contributed by atoms with Gasteiger partial charge >= 0.3 is 0 Å². The van der Waals surface area contributed by atoms with Crippen LogP contribution in [0, 0.1) is 6.92 Å². The number of carbonyl (C=O) groups excluding carboxylic acids is 1. The van der Waals surface area contributed by atoms with Gasteiger partial charge in [-0.1, -0.05) is 47.2 Å². The Balaban J connectivity index is 1.42. The maximum atomic E-state index is 13.0. The number of benzene rings is 2. The minimum Gasteiger partial charge on any atom is -0.378 e. The number of nitrogen functional groups attached to an aromatic ring is 1. The van der Waals surface area contributed by atoms with Gasteiger partial charge in [-0.05, 0) is 47.8 Å². The van der Waals surface area contributed by atoms with E-state index in [4.69, 9.17) is 10.4 Å². The van der Waals surface area contributed by atoms with Crippen LogP contribution in [-0.2, 0) is 12.2 Å². The molecule has 4 aromatic rings. The van der Waals surface area contributed by atoms with E-state index in [1.165, 1.54) is 27.6 Å². The van der Waals surface area contributed by atoms with Gasteiger partial charge in [0.15, 0.2) is 5.69 Å². The number of nitrogens with two attached hydrogens (primary N) is 1. The molecule has 0 radical (unpaired) electrons. The normalized spacial score (nSPS) is 13.9. The second-order valence-corrected chi connectivity index (χ2v) is 8.58. The molecule has 0 saturated carbocycles. The van der Waals surface area contributed by atoms with Crippen molar-refractivity contribution in [2.75, 3.05) is 5.73 Å². The summed E-state index contributed by atoms with van der Waals surface area (Å²) in [4.78, 5) is 14.1. The first-order valence-electron chi connectivity index (χ1n) is 10.3. The third kappa shape index (κ3) is 4.22. The summed E-state index contributed by atoms with van der Waals surface area (Å²) < 4.78 is 6.08. The van der Waals surface area contributed by atoms with Crippen molar-refractivity contribution >= 4 is 29.2 Å². The zero-order valence-corrected chi connectivity index (χ0v) is 18.5. The van der Waals surface area contributed by atoms with Gasteiger partial charge in [-0.2, -0.15) is 9.78 Å². The lowest BCUT2D eigenvalue weighted by Gasteiger charge is -2.06. The van der Waals surface area contributed by atoms with Crippen molar-refractivity contribution in [1.29, 1.82) is 0 Å². The van der Waals surface area contributed by atoms with Crippen LogP contribution in [0.15, 0.2) is 63.2 Å². The molecule has 0 spiro atoms. The summed E-state index contributed by atoms with van der Waals surface area (Å²) in [5.41, 5.74) is 13.4. The highest BCUT2D eigenvalue weighted by molar-refractivity contribution is 7.98. The number of hydrogen-bond acceptors (Lipinski definition) is 9. The average Bonchev–Trinajstić information content (AvgIpc) is 3.55. The van der Waals surface area contributed by atoms with Crippen LogP contribution in [-0.4, -0.2) is 36.9 Å². The third-order valence-electron chi connectivity index (χ3n) is 5.32. The highest BCUT2D eigenvalue weighted by Gasteiger charge is 2.25. The number of thioether (sulfide) groups is 1. The third-order valence-corrected chi connectivity index (χ3v) is 6.35. The number of carbonyl (C=O) groups is 1. The maximum absolute atomic E-state index is 13.0. The van der Waals surface area contributed by atoms with E-state index in [0.717, 1.165) is 29.0 Å². The van der Waals surface area contributed by atoms with Crippen LogP contribution in [0.25, 0.3) is 5.82 Å². The van der Waals surface area contributed by atoms with Gasteiger partial charge in [0.1, 0.15) is 0 Å². The Morgan fingerprint density at radius 2 is 2.00 bits per heavy atom. The number of hydrazone groups is 1. The second kappa shape index (κ2) is 8.87. The van der Waals surface area contributed by atoms with Crippen LogP contribution in [0.3, 0.4) is 0 Å². The summed E-state index contributed by atoms with van der Waals surface area (Å²) in [5.74, 6) is 0.158. The molecular weight excluding hydrogens is 440 g/mol. The van der Waals surface area contributed by atoms with E-state index in [9.17, 15) is 4.79 Å². The zero-order valence-electron chi connectivity index (χ0n) is 17.7. The number of rotatable bonds is 6. The fourth-order valence-electron chi connectivity index (χ4n) is 3.60. The lowest BCUT2D eigenvalue weighted by molar-refractivity contribution is 0.0949. The maximum Gasteiger partial charge on any atom is 0.293 e. The van der Waals surface area contributed by atoms with Gasteiger partial charge in [0.05, 0.1) is 11.4 Å². The predicted molar refractivity (Wildman–Crippen MR) is 123 cm³/mol. The van der Waals surface area contributed by atoms with E-state index < -0.39 is 5.91 Å². The lowest BCUT2D eigenvalue weighted by atomic mass is 10.1. The van der Waals surface area contributed by atoms with E-state index >= 15 is 0 Å². The molecule has 0 fully saturated rings. The van der Waals surface area contributed by atoms with Crippen molar-refractivity contribution in [3.8, 4) is 5.82 Å². The Labute approximate surface area is 193 Å². The first-order valence-corrected chi connectivity index (χ1v) is 11.3. The van der Waals surface area contributed by atoms with Crippen molar-refractivity contribution in [2.24, 2.45) is 5.10 Å². The SMILES string of the molecule is Cc1ccc(SCc2c(C(=O)NN=C3CCc4ccccc43)nnn2-c2nonc2N)cc1. The van der Waals surface area contributed by atoms with E-state index in [2.05, 4.69) is 37.2 Å². The minimum atomic E-state index is -0.465. The summed E-state index contributed by atoms with van der Waals surface area (Å²) in [6, 6.07) is 16.1. The number of fused-ring (bicyclic) bond motifs is 1. The standard InChI is InChI=1S/C22H20N8O2S/c1-13-6-9-15(10-7-13)33-12-18-19(25-29-30(18)21-20(23)27-32-28-21)22(31)26-24-17-11-8-14-4-2-3-5-16(14)17/h2-7,9-10H,8,11-12H2,1H3,(H2,23,27)(H,26,31). The molecule has 1 aliphatic carbocycles. The predicted octanol–water partition coefficient (Wildman–Crippen LogP) is 2.91. The Bertz CT molecular complexity index is 1340. The van der Waals surface area contributed by atoms with Gasteiger partial charge in [0.25, 0.3) is 5.91 Å². The van der Waals surface area contributed by atoms with Crippen molar-refractivity contribution in [2.45, 2.75) is 30.4 Å². The molecule has 0 bridgehead atoms. The first kappa shape index (κ1) is 20.9. The van der Waals surface area contributed by atoms with Gasteiger partial charge < -0.3 is 5.73 Å². The van der Waals surface area contributed by atoms with Crippen LogP contribution in [0.1, 0.15) is 39.3 Å². The van der Waals surface area contributed by atoms with Crippen LogP contribution in [0.2, 0.25) is 0 Å². The monoisotopic (exact) mass is 460 g/mol. The van der Waals surface area contributed by atoms with Crippen molar-refractivity contribution in [1.82, 2.24) is 30.7 Å². The number of nitrogens with one attached hydrogen (secondary N) is 1. The van der Waals surface area contributed by atoms with Crippen LogP contribution < -0.4 is 11.2 Å². The second-order valence-electron chi connectivity index (χ2n) is 7.53. The fourth-order valence-corrected chi connectivity index (χ4v) is 4.49. The van der Waals surface area contributed by atoms with E-state index in [1.54, 1.807) is 0 Å². The van der Waals surface area contributed by atoms with Gasteiger partial charge in [0.2, 0.25) is 11.6 Å². The molecule has 0 atom stereocenters. The molecule has 5 rings (SSSR count). The molecule has 1 amide bonds. The molecule has 33 heavy (non-hydrogen) atoms. The summed E-state index contributed by atoms with van der Waals surface area (Å²) in [6.07, 6.45) is 1.67. The zero-order chi connectivity index (χ0) is 22.8. The molecule has 2 aromatic heterocycles. The van der Waals surface area contributed by atoms with Crippen molar-refractivity contribution < 1.29 is 9.42 Å². The van der Waals surface area contributed by atoms with Crippen molar-refractivity contribution in [3.05, 3.63) is 76.6 Å². The first-order chi connectivity index (χ1) is 16.1. The molecule has 2 aromatic carbocycles. The summed E-state index contributed by atoms with van der Waals surface area (Å²) in [7, 11) is 0. The topological polar surface area (TPSA) is 137 Å². The molecular formula is C22H20N8O2S. The molecule has 166 valence electrons. The molecule has 0 aliphatic heterocycles. The Morgan fingerprint density at radius 3 is 2.79 bits per heavy atom. The Hall–Kier alpha value is -3.99. The van der Waals surface area contributed by atoms with Gasteiger partial charge in [-0.25, -0.2) is 10.1 Å². The molecule has 0 saturated heterocycles. The number of amides is 1. The van der Waals surface area contributed by atoms with Crippen molar-refractivity contribution in [3.63, 3.8) is 0 Å². The molecule has 2 heterocycles. The molecule has 10 nitrogen and oxygen atoms in total. The highest BCUT2D eigenvalue weighted by Crippen LogP contribution is 2.26. The lowest BCUT2D eigenvalue weighted by Crippen LogP contribution is -2.21. The largest absolute Gasteiger partial charge is 0.378 e. The highest BCUT2D eigenvalue weighted by atomic mass is 32.2. The van der Waals surface area contributed by atoms with Gasteiger partial charge in [-0.3, -0.25) is 4.79 Å². The summed E-state index contributed by atoms with van der Waals surface area (Å²) in [6.45, 7) is 2.03. The summed E-state index contributed by atoms with van der Waals surface area (Å²) in [5, 5.41) is 19.9. The minimum absolute atomic E-state index is 0.0521. The van der Waals surface area contributed by atoms with Crippen LogP contribution >= 0.6 is 11.8 Å². The number of aromatic nitrogens is 5.